The molecule has 2 aromatic rings. The monoisotopic (exact) mass is 202 g/mol. The maximum absolute atomic E-state index is 5.93. The minimum Gasteiger partial charge on any atom is -0.398 e. The Balaban J connectivity index is 2.48. The van der Waals surface area contributed by atoms with E-state index in [0.717, 1.165) is 11.1 Å². The maximum Gasteiger partial charge on any atom is 0.0641 e. The van der Waals surface area contributed by atoms with Crippen LogP contribution in [-0.2, 0) is 0 Å². The van der Waals surface area contributed by atoms with Gasteiger partial charge in [0.25, 0.3) is 0 Å². The molecule has 0 atom stereocenters. The van der Waals surface area contributed by atoms with E-state index in [2.05, 4.69) is 6.07 Å². The second-order valence-electron chi connectivity index (χ2n) is 3.02. The fraction of sp³-hybridized carbons (Fsp3) is 0. The summed E-state index contributed by atoms with van der Waals surface area (Å²) in [5, 5.41) is 0.593. The van der Waals surface area contributed by atoms with Crippen LogP contribution in [0.15, 0.2) is 42.5 Å². The van der Waals surface area contributed by atoms with E-state index in [1.54, 1.807) is 0 Å². The number of nitrogens with two attached hydrogens (primary N) is 1. The predicted octanol–water partition coefficient (Wildman–Crippen LogP) is 3.39. The van der Waals surface area contributed by atoms with Gasteiger partial charge in [-0.2, -0.15) is 0 Å². The van der Waals surface area contributed by atoms with Crippen LogP contribution in [0.1, 0.15) is 0 Å². The molecule has 0 aliphatic carbocycles. The molecular weight excluding hydrogens is 194 g/mol. The summed E-state index contributed by atoms with van der Waals surface area (Å²) in [4.78, 5) is 0. The van der Waals surface area contributed by atoms with Gasteiger partial charge in [0.05, 0.1) is 10.7 Å². The highest BCUT2D eigenvalue weighted by Gasteiger charge is 1.99. The topological polar surface area (TPSA) is 26.0 Å². The summed E-state index contributed by atoms with van der Waals surface area (Å²) in [6.07, 6.45) is 0. The molecule has 2 N–H and O–H groups in total. The summed E-state index contributed by atoms with van der Waals surface area (Å²) in [6.45, 7) is 0. The van der Waals surface area contributed by atoms with Gasteiger partial charge in [0.1, 0.15) is 0 Å². The highest BCUT2D eigenvalue weighted by molar-refractivity contribution is 6.33. The Bertz CT molecular complexity index is 437. The third kappa shape index (κ3) is 1.73. The van der Waals surface area contributed by atoms with Crippen molar-refractivity contribution in [3.05, 3.63) is 53.6 Å². The Labute approximate surface area is 88.1 Å². The van der Waals surface area contributed by atoms with Gasteiger partial charge in [-0.3, -0.25) is 0 Å². The molecule has 0 saturated heterocycles. The molecule has 0 aliphatic heterocycles. The van der Waals surface area contributed by atoms with Crippen LogP contribution >= 0.6 is 11.6 Å². The minimum atomic E-state index is 0.593. The van der Waals surface area contributed by atoms with Gasteiger partial charge >= 0.3 is 0 Å². The highest BCUT2D eigenvalue weighted by atomic mass is 35.5. The second kappa shape index (κ2) is 3.72. The molecule has 2 rings (SSSR count). The van der Waals surface area contributed by atoms with E-state index in [9.17, 15) is 0 Å². The van der Waals surface area contributed by atoms with Crippen LogP contribution in [0.3, 0.4) is 0 Å². The molecule has 1 nitrogen and oxygen atoms in total. The first kappa shape index (κ1) is 9.10. The van der Waals surface area contributed by atoms with Crippen LogP contribution in [0.4, 0.5) is 5.69 Å². The van der Waals surface area contributed by atoms with Crippen LogP contribution in [0, 0.1) is 6.07 Å². The van der Waals surface area contributed by atoms with Crippen molar-refractivity contribution in [2.24, 2.45) is 0 Å². The lowest BCUT2D eigenvalue weighted by Gasteiger charge is -2.03. The molecule has 0 spiro atoms. The van der Waals surface area contributed by atoms with E-state index in [1.165, 1.54) is 0 Å². The average molecular weight is 203 g/mol. The molecule has 0 amide bonds. The summed E-state index contributed by atoms with van der Waals surface area (Å²) in [5.74, 6) is 0. The first-order chi connectivity index (χ1) is 6.77. The lowest BCUT2D eigenvalue weighted by molar-refractivity contribution is 1.61. The van der Waals surface area contributed by atoms with Crippen molar-refractivity contribution in [3.8, 4) is 11.1 Å². The number of benzene rings is 2. The van der Waals surface area contributed by atoms with Crippen LogP contribution in [0.25, 0.3) is 11.1 Å². The molecule has 0 unspecified atom stereocenters. The summed E-state index contributed by atoms with van der Waals surface area (Å²) >= 11 is 5.93. The molecule has 0 aromatic heterocycles. The Morgan fingerprint density at radius 1 is 1.00 bits per heavy atom. The van der Waals surface area contributed by atoms with Gasteiger partial charge in [-0.15, -0.1) is 0 Å². The van der Waals surface area contributed by atoms with Crippen LogP contribution < -0.4 is 5.73 Å². The van der Waals surface area contributed by atoms with Crippen LogP contribution in [0.2, 0.25) is 5.02 Å². The zero-order valence-corrected chi connectivity index (χ0v) is 8.25. The molecule has 0 saturated carbocycles. The third-order valence-electron chi connectivity index (χ3n) is 2.05. The molecule has 0 bridgehead atoms. The Hall–Kier alpha value is -1.47. The van der Waals surface area contributed by atoms with Crippen molar-refractivity contribution in [2.75, 3.05) is 5.73 Å². The van der Waals surface area contributed by atoms with Crippen molar-refractivity contribution in [1.82, 2.24) is 0 Å². The standard InChI is InChI=1S/C12H9ClN/c13-11-8-10(6-7-12(11)14)9-4-2-1-3-5-9/h2-8H,14H2. The molecule has 0 heterocycles. The van der Waals surface area contributed by atoms with Gasteiger partial charge in [0.2, 0.25) is 0 Å². The maximum atomic E-state index is 5.93. The molecular formula is C12H9ClN. The molecule has 0 aliphatic rings. The Morgan fingerprint density at radius 2 is 1.71 bits per heavy atom. The van der Waals surface area contributed by atoms with E-state index in [0.29, 0.717) is 10.7 Å². The number of anilines is 1. The fourth-order valence-electron chi connectivity index (χ4n) is 1.29. The summed E-state index contributed by atoms with van der Waals surface area (Å²) in [6, 6.07) is 16.3. The third-order valence-corrected chi connectivity index (χ3v) is 2.38. The highest BCUT2D eigenvalue weighted by Crippen LogP contribution is 2.26. The summed E-state index contributed by atoms with van der Waals surface area (Å²) in [5.41, 5.74) is 8.42. The number of nitrogen functional groups attached to an aromatic ring is 1. The van der Waals surface area contributed by atoms with Crippen molar-refractivity contribution in [2.45, 2.75) is 0 Å². The normalized spacial score (nSPS) is 10.1. The van der Waals surface area contributed by atoms with Crippen molar-refractivity contribution in [1.29, 1.82) is 0 Å². The first-order valence-electron chi connectivity index (χ1n) is 4.29. The molecule has 1 radical (unpaired) electrons. The molecule has 69 valence electrons. The van der Waals surface area contributed by atoms with E-state index in [1.807, 2.05) is 42.5 Å². The van der Waals surface area contributed by atoms with Crippen molar-refractivity contribution < 1.29 is 0 Å². The number of rotatable bonds is 1. The Morgan fingerprint density at radius 3 is 2.36 bits per heavy atom. The van der Waals surface area contributed by atoms with Crippen molar-refractivity contribution in [3.63, 3.8) is 0 Å². The van der Waals surface area contributed by atoms with Crippen molar-refractivity contribution >= 4 is 17.3 Å². The lowest BCUT2D eigenvalue weighted by atomic mass is 10.1. The zero-order valence-electron chi connectivity index (χ0n) is 7.50. The molecule has 0 fully saturated rings. The lowest BCUT2D eigenvalue weighted by Crippen LogP contribution is -1.86. The fourth-order valence-corrected chi connectivity index (χ4v) is 1.47. The minimum absolute atomic E-state index is 0.593. The zero-order chi connectivity index (χ0) is 9.97. The van der Waals surface area contributed by atoms with Gasteiger partial charge in [-0.05, 0) is 29.3 Å². The first-order valence-corrected chi connectivity index (χ1v) is 4.67. The van der Waals surface area contributed by atoms with Gasteiger partial charge in [-0.1, -0.05) is 41.9 Å². The smallest absolute Gasteiger partial charge is 0.0641 e. The van der Waals surface area contributed by atoms with Gasteiger partial charge in [-0.25, -0.2) is 0 Å². The van der Waals surface area contributed by atoms with E-state index < -0.39 is 0 Å². The summed E-state index contributed by atoms with van der Waals surface area (Å²) < 4.78 is 0. The largest absolute Gasteiger partial charge is 0.398 e. The van der Waals surface area contributed by atoms with E-state index >= 15 is 0 Å². The average Bonchev–Trinajstić information content (AvgIpc) is 2.23. The molecule has 14 heavy (non-hydrogen) atoms. The molecule has 2 aromatic carbocycles. The number of hydrogen-bond donors (Lipinski definition) is 1. The SMILES string of the molecule is Nc1ccc(-c2cc[c]cc2)cc1Cl. The molecule has 2 heteroatoms. The Kier molecular flexibility index (Phi) is 2.42. The number of hydrogen-bond acceptors (Lipinski definition) is 1. The van der Waals surface area contributed by atoms with Gasteiger partial charge in [0, 0.05) is 0 Å². The summed E-state index contributed by atoms with van der Waals surface area (Å²) in [7, 11) is 0. The van der Waals surface area contributed by atoms with E-state index in [-0.39, 0.29) is 0 Å². The van der Waals surface area contributed by atoms with Gasteiger partial charge in [0.15, 0.2) is 0 Å². The predicted molar refractivity (Wildman–Crippen MR) is 60.1 cm³/mol. The second-order valence-corrected chi connectivity index (χ2v) is 3.43. The van der Waals surface area contributed by atoms with Gasteiger partial charge < -0.3 is 5.73 Å². The van der Waals surface area contributed by atoms with Crippen LogP contribution in [0.5, 0.6) is 0 Å². The number of halogens is 1. The van der Waals surface area contributed by atoms with E-state index in [4.69, 9.17) is 17.3 Å². The van der Waals surface area contributed by atoms with Crippen LogP contribution in [-0.4, -0.2) is 0 Å². The quantitative estimate of drug-likeness (QED) is 0.705.